The van der Waals surface area contributed by atoms with Crippen LogP contribution in [0.1, 0.15) is 24.3 Å². The Kier molecular flexibility index (Phi) is 4.55. The van der Waals surface area contributed by atoms with Crippen molar-refractivity contribution in [3.8, 4) is 5.75 Å². The lowest BCUT2D eigenvalue weighted by atomic mass is 9.93. The number of aliphatic hydroxyl groups excluding tert-OH is 1. The molecule has 1 aliphatic heterocycles. The van der Waals surface area contributed by atoms with Crippen LogP contribution in [-0.4, -0.2) is 29.8 Å². The molecule has 1 saturated heterocycles. The Morgan fingerprint density at radius 3 is 2.50 bits per heavy atom. The summed E-state index contributed by atoms with van der Waals surface area (Å²) < 4.78 is 5.34. The molecule has 88 valence electrons. The van der Waals surface area contributed by atoms with Gasteiger partial charge in [0.15, 0.2) is 0 Å². The third kappa shape index (κ3) is 3.16. The number of rotatable bonds is 4. The first-order valence-electron chi connectivity index (χ1n) is 5.81. The van der Waals surface area contributed by atoms with Crippen LogP contribution in [0.2, 0.25) is 0 Å². The average molecular weight is 238 g/mol. The molecule has 3 heteroatoms. The summed E-state index contributed by atoms with van der Waals surface area (Å²) >= 11 is 2.06. The van der Waals surface area contributed by atoms with Gasteiger partial charge in [-0.1, -0.05) is 12.1 Å². The van der Waals surface area contributed by atoms with E-state index >= 15 is 0 Å². The van der Waals surface area contributed by atoms with Crippen molar-refractivity contribution in [1.29, 1.82) is 0 Å². The van der Waals surface area contributed by atoms with Gasteiger partial charge in [0.25, 0.3) is 0 Å². The zero-order valence-corrected chi connectivity index (χ0v) is 10.2. The quantitative estimate of drug-likeness (QED) is 0.874. The van der Waals surface area contributed by atoms with E-state index in [1.165, 1.54) is 29.9 Å². The summed E-state index contributed by atoms with van der Waals surface area (Å²) in [4.78, 5) is 0. The number of hydrogen-bond donors (Lipinski definition) is 1. The third-order valence-electron chi connectivity index (χ3n) is 2.93. The van der Waals surface area contributed by atoms with Crippen LogP contribution in [0.4, 0.5) is 0 Å². The largest absolute Gasteiger partial charge is 0.491 e. The molecule has 0 unspecified atom stereocenters. The van der Waals surface area contributed by atoms with E-state index in [1.54, 1.807) is 0 Å². The van der Waals surface area contributed by atoms with E-state index in [-0.39, 0.29) is 6.61 Å². The van der Waals surface area contributed by atoms with Crippen LogP contribution in [0, 0.1) is 0 Å². The number of hydrogen-bond acceptors (Lipinski definition) is 3. The highest BCUT2D eigenvalue weighted by atomic mass is 32.2. The average Bonchev–Trinajstić information content (AvgIpc) is 2.38. The molecular weight excluding hydrogens is 220 g/mol. The molecule has 1 aromatic carbocycles. The maximum Gasteiger partial charge on any atom is 0.119 e. The Morgan fingerprint density at radius 2 is 1.88 bits per heavy atom. The molecule has 0 atom stereocenters. The molecule has 1 aliphatic rings. The van der Waals surface area contributed by atoms with E-state index in [9.17, 15) is 0 Å². The van der Waals surface area contributed by atoms with E-state index < -0.39 is 0 Å². The summed E-state index contributed by atoms with van der Waals surface area (Å²) in [6.07, 6.45) is 2.59. The van der Waals surface area contributed by atoms with Crippen molar-refractivity contribution in [1.82, 2.24) is 0 Å². The van der Waals surface area contributed by atoms with Crippen molar-refractivity contribution in [2.75, 3.05) is 24.7 Å². The lowest BCUT2D eigenvalue weighted by molar-refractivity contribution is 0.201. The van der Waals surface area contributed by atoms with Crippen LogP contribution in [0.5, 0.6) is 5.75 Å². The first-order valence-corrected chi connectivity index (χ1v) is 6.97. The van der Waals surface area contributed by atoms with Gasteiger partial charge in [-0.05, 0) is 48.0 Å². The van der Waals surface area contributed by atoms with Crippen molar-refractivity contribution in [2.45, 2.75) is 18.8 Å². The molecule has 2 rings (SSSR count). The summed E-state index contributed by atoms with van der Waals surface area (Å²) in [7, 11) is 0. The molecule has 0 bridgehead atoms. The van der Waals surface area contributed by atoms with Gasteiger partial charge in [0, 0.05) is 0 Å². The SMILES string of the molecule is OCCOc1ccc(C2CCSCC2)cc1. The lowest BCUT2D eigenvalue weighted by Crippen LogP contribution is -2.07. The van der Waals surface area contributed by atoms with Gasteiger partial charge >= 0.3 is 0 Å². The molecule has 1 heterocycles. The maximum atomic E-state index is 8.66. The molecule has 0 spiro atoms. The van der Waals surface area contributed by atoms with Crippen LogP contribution in [0.15, 0.2) is 24.3 Å². The van der Waals surface area contributed by atoms with Gasteiger partial charge < -0.3 is 9.84 Å². The molecule has 0 aromatic heterocycles. The summed E-state index contributed by atoms with van der Waals surface area (Å²) in [6, 6.07) is 8.33. The highest BCUT2D eigenvalue weighted by Gasteiger charge is 2.15. The van der Waals surface area contributed by atoms with Gasteiger partial charge in [0.1, 0.15) is 12.4 Å². The smallest absolute Gasteiger partial charge is 0.119 e. The highest BCUT2D eigenvalue weighted by Crippen LogP contribution is 2.32. The summed E-state index contributed by atoms with van der Waals surface area (Å²) in [5.74, 6) is 4.15. The predicted molar refractivity (Wildman–Crippen MR) is 68.3 cm³/mol. The Morgan fingerprint density at radius 1 is 1.19 bits per heavy atom. The fourth-order valence-electron chi connectivity index (χ4n) is 2.03. The normalized spacial score (nSPS) is 17.3. The minimum Gasteiger partial charge on any atom is -0.491 e. The van der Waals surface area contributed by atoms with Crippen molar-refractivity contribution in [3.63, 3.8) is 0 Å². The third-order valence-corrected chi connectivity index (χ3v) is 3.98. The molecule has 0 amide bonds. The van der Waals surface area contributed by atoms with Gasteiger partial charge in [-0.2, -0.15) is 11.8 Å². The summed E-state index contributed by atoms with van der Waals surface area (Å²) in [5, 5.41) is 8.66. The Bertz CT molecular complexity index is 304. The highest BCUT2D eigenvalue weighted by molar-refractivity contribution is 7.99. The minimum atomic E-state index is 0.0710. The fourth-order valence-corrected chi connectivity index (χ4v) is 3.14. The molecule has 16 heavy (non-hydrogen) atoms. The molecule has 1 fully saturated rings. The maximum absolute atomic E-state index is 8.66. The van der Waals surface area contributed by atoms with Gasteiger partial charge in [0.2, 0.25) is 0 Å². The standard InChI is InChI=1S/C13H18O2S/c14-7-8-15-13-3-1-11(2-4-13)12-5-9-16-10-6-12/h1-4,12,14H,5-10H2. The summed E-state index contributed by atoms with van der Waals surface area (Å²) in [6.45, 7) is 0.445. The molecule has 1 N–H and O–H groups in total. The van der Waals surface area contributed by atoms with E-state index in [4.69, 9.17) is 9.84 Å². The zero-order valence-electron chi connectivity index (χ0n) is 9.39. The zero-order chi connectivity index (χ0) is 11.2. The monoisotopic (exact) mass is 238 g/mol. The molecule has 1 aromatic rings. The van der Waals surface area contributed by atoms with Crippen LogP contribution < -0.4 is 4.74 Å². The second-order valence-electron chi connectivity index (χ2n) is 4.03. The molecule has 0 radical (unpaired) electrons. The number of ether oxygens (including phenoxy) is 1. The second-order valence-corrected chi connectivity index (χ2v) is 5.25. The lowest BCUT2D eigenvalue weighted by Gasteiger charge is -2.21. The van der Waals surface area contributed by atoms with Crippen LogP contribution in [-0.2, 0) is 0 Å². The Hall–Kier alpha value is -0.670. The van der Waals surface area contributed by atoms with Crippen LogP contribution in [0.25, 0.3) is 0 Å². The Balaban J connectivity index is 1.95. The fraction of sp³-hybridized carbons (Fsp3) is 0.538. The van der Waals surface area contributed by atoms with E-state index in [0.29, 0.717) is 6.61 Å². The number of thioether (sulfide) groups is 1. The van der Waals surface area contributed by atoms with Gasteiger partial charge in [-0.3, -0.25) is 0 Å². The molecule has 0 aliphatic carbocycles. The van der Waals surface area contributed by atoms with Crippen molar-refractivity contribution in [2.24, 2.45) is 0 Å². The van der Waals surface area contributed by atoms with Gasteiger partial charge in [-0.25, -0.2) is 0 Å². The van der Waals surface area contributed by atoms with Crippen molar-refractivity contribution in [3.05, 3.63) is 29.8 Å². The van der Waals surface area contributed by atoms with E-state index in [2.05, 4.69) is 23.9 Å². The minimum absolute atomic E-state index is 0.0710. The molecule has 0 saturated carbocycles. The van der Waals surface area contributed by atoms with E-state index in [1.807, 2.05) is 12.1 Å². The number of benzene rings is 1. The second kappa shape index (κ2) is 6.16. The van der Waals surface area contributed by atoms with E-state index in [0.717, 1.165) is 11.7 Å². The first kappa shape index (κ1) is 11.8. The predicted octanol–water partition coefficient (Wildman–Crippen LogP) is 2.67. The topological polar surface area (TPSA) is 29.5 Å². The van der Waals surface area contributed by atoms with Crippen LogP contribution >= 0.6 is 11.8 Å². The van der Waals surface area contributed by atoms with Gasteiger partial charge in [0.05, 0.1) is 6.61 Å². The van der Waals surface area contributed by atoms with Crippen molar-refractivity contribution < 1.29 is 9.84 Å². The first-order chi connectivity index (χ1) is 7.90. The number of aliphatic hydroxyl groups is 1. The summed E-state index contributed by atoms with van der Waals surface area (Å²) in [5.41, 5.74) is 1.43. The Labute approximate surface area is 101 Å². The van der Waals surface area contributed by atoms with Crippen molar-refractivity contribution >= 4 is 11.8 Å². The molecule has 2 nitrogen and oxygen atoms in total. The molecular formula is C13H18O2S. The van der Waals surface area contributed by atoms with Crippen LogP contribution in [0.3, 0.4) is 0 Å². The van der Waals surface area contributed by atoms with Gasteiger partial charge in [-0.15, -0.1) is 0 Å².